The summed E-state index contributed by atoms with van der Waals surface area (Å²) >= 11 is 0. The van der Waals surface area contributed by atoms with Crippen LogP contribution in [0.15, 0.2) is 18.3 Å². The molecule has 1 aromatic heterocycles. The van der Waals surface area contributed by atoms with Crippen molar-refractivity contribution in [1.82, 2.24) is 25.4 Å². The lowest BCUT2D eigenvalue weighted by molar-refractivity contribution is 0.145. The zero-order valence-electron chi connectivity index (χ0n) is 15.1. The smallest absolute Gasteiger partial charge is 0.317 e. The molecule has 0 spiro atoms. The van der Waals surface area contributed by atoms with Crippen molar-refractivity contribution in [3.05, 3.63) is 29.6 Å². The number of hydrogen-bond donors (Lipinski definition) is 3. The van der Waals surface area contributed by atoms with Crippen LogP contribution in [0.2, 0.25) is 0 Å². The summed E-state index contributed by atoms with van der Waals surface area (Å²) in [5, 5.41) is 6.41. The fraction of sp³-hybridized carbons (Fsp3) is 0.667. The summed E-state index contributed by atoms with van der Waals surface area (Å²) < 4.78 is 0. The Kier molecular flexibility index (Phi) is 6.23. The van der Waals surface area contributed by atoms with Gasteiger partial charge in [0, 0.05) is 51.5 Å². The van der Waals surface area contributed by atoms with Crippen LogP contribution in [0.4, 0.5) is 4.79 Å². The van der Waals surface area contributed by atoms with E-state index in [2.05, 4.69) is 33.6 Å². The number of hydrogen-bond acceptors (Lipinski definition) is 5. The molecule has 2 unspecified atom stereocenters. The number of nitrogens with two attached hydrogens (primary N) is 1. The van der Waals surface area contributed by atoms with E-state index >= 15 is 0 Å². The van der Waals surface area contributed by atoms with Gasteiger partial charge < -0.3 is 21.3 Å². The Morgan fingerprint density at radius 2 is 2.44 bits per heavy atom. The number of likely N-dealkylation sites (N-methyl/N-ethyl adjacent to an activating group) is 1. The first-order chi connectivity index (χ1) is 12.2. The van der Waals surface area contributed by atoms with Gasteiger partial charge in [0.05, 0.1) is 11.7 Å². The molecule has 25 heavy (non-hydrogen) atoms. The van der Waals surface area contributed by atoms with Gasteiger partial charge in [-0.2, -0.15) is 0 Å². The van der Waals surface area contributed by atoms with Crippen molar-refractivity contribution < 1.29 is 4.79 Å². The minimum absolute atomic E-state index is 0.00992. The summed E-state index contributed by atoms with van der Waals surface area (Å²) in [5.41, 5.74) is 8.07. The second-order valence-electron chi connectivity index (χ2n) is 7.01. The maximum Gasteiger partial charge on any atom is 0.317 e. The number of piperazine rings is 1. The van der Waals surface area contributed by atoms with E-state index in [1.54, 1.807) is 0 Å². The van der Waals surface area contributed by atoms with Crippen LogP contribution in [0, 0.1) is 0 Å². The van der Waals surface area contributed by atoms with Crippen LogP contribution in [0.5, 0.6) is 0 Å². The highest BCUT2D eigenvalue weighted by atomic mass is 16.2. The molecule has 1 aliphatic carbocycles. The van der Waals surface area contributed by atoms with E-state index in [0.29, 0.717) is 19.1 Å². The van der Waals surface area contributed by atoms with Crippen LogP contribution >= 0.6 is 0 Å². The van der Waals surface area contributed by atoms with Gasteiger partial charge in [-0.3, -0.25) is 9.88 Å². The molecular formula is C18H30N6O. The second-order valence-corrected chi connectivity index (χ2v) is 7.01. The molecule has 1 aliphatic heterocycles. The molecule has 1 aromatic rings. The van der Waals surface area contributed by atoms with Crippen molar-refractivity contribution >= 4 is 6.03 Å². The normalized spacial score (nSPS) is 23.4. The summed E-state index contributed by atoms with van der Waals surface area (Å²) in [6.07, 6.45) is 5.38. The number of amides is 2. The quantitative estimate of drug-likeness (QED) is 0.715. The molecule has 2 amide bonds. The fourth-order valence-electron chi connectivity index (χ4n) is 3.91. The third kappa shape index (κ3) is 4.48. The minimum Gasteiger partial charge on any atom is -0.337 e. The Hall–Kier alpha value is -1.70. The van der Waals surface area contributed by atoms with Gasteiger partial charge in [-0.25, -0.2) is 4.79 Å². The first kappa shape index (κ1) is 18.1. The third-order valence-corrected chi connectivity index (χ3v) is 5.17. The largest absolute Gasteiger partial charge is 0.337 e. The molecule has 3 rings (SSSR count). The number of rotatable bonds is 5. The number of pyridine rings is 1. The summed E-state index contributed by atoms with van der Waals surface area (Å²) in [6, 6.07) is 4.86. The highest BCUT2D eigenvalue weighted by molar-refractivity contribution is 5.74. The van der Waals surface area contributed by atoms with Crippen molar-refractivity contribution in [2.24, 2.45) is 5.73 Å². The monoisotopic (exact) mass is 346 g/mol. The second kappa shape index (κ2) is 8.60. The van der Waals surface area contributed by atoms with Gasteiger partial charge in [0.15, 0.2) is 0 Å². The van der Waals surface area contributed by atoms with Crippen molar-refractivity contribution in [1.29, 1.82) is 0 Å². The lowest BCUT2D eigenvalue weighted by Crippen LogP contribution is -2.58. The van der Waals surface area contributed by atoms with Crippen molar-refractivity contribution in [3.63, 3.8) is 0 Å². The van der Waals surface area contributed by atoms with Gasteiger partial charge >= 0.3 is 6.03 Å². The molecule has 4 N–H and O–H groups in total. The molecule has 7 nitrogen and oxygen atoms in total. The van der Waals surface area contributed by atoms with E-state index in [9.17, 15) is 4.79 Å². The fourth-order valence-corrected chi connectivity index (χ4v) is 3.91. The third-order valence-electron chi connectivity index (χ3n) is 5.17. The molecular weight excluding hydrogens is 316 g/mol. The topological polar surface area (TPSA) is 86.5 Å². The first-order valence-corrected chi connectivity index (χ1v) is 9.29. The van der Waals surface area contributed by atoms with Crippen LogP contribution < -0.4 is 16.4 Å². The maximum absolute atomic E-state index is 12.2. The van der Waals surface area contributed by atoms with Gasteiger partial charge in [0.25, 0.3) is 0 Å². The summed E-state index contributed by atoms with van der Waals surface area (Å²) in [5.74, 6) is 0. The summed E-state index contributed by atoms with van der Waals surface area (Å²) in [4.78, 5) is 21.1. The zero-order chi connectivity index (χ0) is 17.6. The van der Waals surface area contributed by atoms with E-state index in [4.69, 9.17) is 5.73 Å². The Morgan fingerprint density at radius 3 is 3.28 bits per heavy atom. The van der Waals surface area contributed by atoms with Crippen molar-refractivity contribution in [2.75, 3.05) is 46.3 Å². The Morgan fingerprint density at radius 1 is 1.56 bits per heavy atom. The van der Waals surface area contributed by atoms with Crippen molar-refractivity contribution in [2.45, 2.75) is 31.3 Å². The number of aryl methyl sites for hydroxylation is 1. The molecule has 0 aromatic carbocycles. The zero-order valence-corrected chi connectivity index (χ0v) is 15.1. The van der Waals surface area contributed by atoms with E-state index in [1.165, 1.54) is 17.7 Å². The van der Waals surface area contributed by atoms with Crippen LogP contribution in [0.1, 0.15) is 30.1 Å². The summed E-state index contributed by atoms with van der Waals surface area (Å²) in [7, 11) is 2.17. The standard InChI is InChI=1S/C18H30N6O/c1-23(16-6-2-4-14-5-3-8-21-17(14)16)12-15-13-24(11-10-20-15)18(25)22-9-7-19/h3,5,8,15-16,20H,2,4,6-7,9-13,19H2,1H3,(H,22,25). The van der Waals surface area contributed by atoms with Gasteiger partial charge in [0.1, 0.15) is 0 Å². The average Bonchev–Trinajstić information content (AvgIpc) is 2.65. The number of nitrogens with zero attached hydrogens (tertiary/aromatic N) is 3. The van der Waals surface area contributed by atoms with Gasteiger partial charge in [0.2, 0.25) is 0 Å². The number of carbonyl (C=O) groups excluding carboxylic acids is 1. The van der Waals surface area contributed by atoms with Crippen LogP contribution in [0.3, 0.4) is 0 Å². The predicted molar refractivity (Wildman–Crippen MR) is 98.4 cm³/mol. The maximum atomic E-state index is 12.2. The Balaban J connectivity index is 1.58. The SMILES string of the molecule is CN(CC1CN(C(=O)NCCN)CCN1)C1CCCc2cccnc21. The molecule has 1 saturated heterocycles. The molecule has 0 radical (unpaired) electrons. The molecule has 2 atom stereocenters. The molecule has 138 valence electrons. The predicted octanol–water partition coefficient (Wildman–Crippen LogP) is 0.333. The lowest BCUT2D eigenvalue weighted by Gasteiger charge is -2.38. The molecule has 0 saturated carbocycles. The van der Waals surface area contributed by atoms with Crippen molar-refractivity contribution in [3.8, 4) is 0 Å². The number of fused-ring (bicyclic) bond motifs is 1. The van der Waals surface area contributed by atoms with Crippen LogP contribution in [-0.2, 0) is 6.42 Å². The van der Waals surface area contributed by atoms with Crippen LogP contribution in [0.25, 0.3) is 0 Å². The molecule has 7 heteroatoms. The molecule has 2 heterocycles. The lowest BCUT2D eigenvalue weighted by atomic mass is 9.91. The van der Waals surface area contributed by atoms with Gasteiger partial charge in [-0.15, -0.1) is 0 Å². The van der Waals surface area contributed by atoms with Crippen LogP contribution in [-0.4, -0.2) is 73.2 Å². The van der Waals surface area contributed by atoms with E-state index in [1.807, 2.05) is 17.2 Å². The van der Waals surface area contributed by atoms with E-state index < -0.39 is 0 Å². The molecule has 0 bridgehead atoms. The van der Waals surface area contributed by atoms with Gasteiger partial charge in [-0.1, -0.05) is 6.07 Å². The van der Waals surface area contributed by atoms with Gasteiger partial charge in [-0.05, 0) is 37.9 Å². The molecule has 1 fully saturated rings. The van der Waals surface area contributed by atoms with E-state index in [-0.39, 0.29) is 12.1 Å². The highest BCUT2D eigenvalue weighted by Crippen LogP contribution is 2.31. The summed E-state index contributed by atoms with van der Waals surface area (Å²) in [6.45, 7) is 4.19. The average molecular weight is 346 g/mol. The Labute approximate surface area is 150 Å². The highest BCUT2D eigenvalue weighted by Gasteiger charge is 2.29. The number of carbonyl (C=O) groups is 1. The number of aromatic nitrogens is 1. The molecule has 2 aliphatic rings. The first-order valence-electron chi connectivity index (χ1n) is 9.29. The Bertz CT molecular complexity index is 580. The number of nitrogens with one attached hydrogen (secondary N) is 2. The van der Waals surface area contributed by atoms with E-state index in [0.717, 1.165) is 39.0 Å². The number of urea groups is 1. The minimum atomic E-state index is -0.00992.